The summed E-state index contributed by atoms with van der Waals surface area (Å²) in [7, 11) is -4.08. The summed E-state index contributed by atoms with van der Waals surface area (Å²) in [6.45, 7) is 9.86. The van der Waals surface area contributed by atoms with Gasteiger partial charge in [-0.2, -0.15) is 0 Å². The first-order valence-electron chi connectivity index (χ1n) is 10.8. The minimum atomic E-state index is -4.08. The molecular formula is C24H32FNO4S. The van der Waals surface area contributed by atoms with Gasteiger partial charge in [0.1, 0.15) is 16.5 Å². The molecule has 0 N–H and O–H groups in total. The number of nitrogens with zero attached hydrogens (tertiary/aromatic N) is 1. The molecule has 0 atom stereocenters. The van der Waals surface area contributed by atoms with Gasteiger partial charge in [0.25, 0.3) is 10.0 Å². The van der Waals surface area contributed by atoms with Crippen LogP contribution in [0.15, 0.2) is 41.3 Å². The number of hydrogen-bond acceptors (Lipinski definition) is 4. The molecule has 0 radical (unpaired) electrons. The fourth-order valence-corrected chi connectivity index (χ4v) is 5.51. The number of sulfonamides is 1. The SMILES string of the molecule is Cc1ccc(N(CC(C)C)S(=O)(=O)c2ccc(OCC3CCOCC3)cc2F)c(C)c1. The van der Waals surface area contributed by atoms with E-state index in [9.17, 15) is 12.8 Å². The first-order valence-corrected chi connectivity index (χ1v) is 12.2. The van der Waals surface area contributed by atoms with Gasteiger partial charge in [-0.3, -0.25) is 4.31 Å². The van der Waals surface area contributed by atoms with Crippen molar-refractivity contribution in [3.63, 3.8) is 0 Å². The third-order valence-electron chi connectivity index (χ3n) is 5.45. The van der Waals surface area contributed by atoms with E-state index in [2.05, 4.69) is 0 Å². The van der Waals surface area contributed by atoms with Crippen molar-refractivity contribution in [2.45, 2.75) is 45.4 Å². The number of ether oxygens (including phenoxy) is 2. The van der Waals surface area contributed by atoms with Gasteiger partial charge in [-0.05, 0) is 62.3 Å². The zero-order valence-corrected chi connectivity index (χ0v) is 19.5. The molecule has 0 aliphatic carbocycles. The molecule has 0 saturated carbocycles. The molecule has 31 heavy (non-hydrogen) atoms. The minimum Gasteiger partial charge on any atom is -0.493 e. The van der Waals surface area contributed by atoms with Crippen LogP contribution in [-0.4, -0.2) is 34.8 Å². The molecule has 1 fully saturated rings. The fourth-order valence-electron chi connectivity index (χ4n) is 3.77. The van der Waals surface area contributed by atoms with E-state index < -0.39 is 15.8 Å². The maximum atomic E-state index is 15.0. The van der Waals surface area contributed by atoms with Crippen LogP contribution in [0.5, 0.6) is 5.75 Å². The van der Waals surface area contributed by atoms with E-state index in [0.29, 0.717) is 37.2 Å². The zero-order chi connectivity index (χ0) is 22.6. The summed E-state index contributed by atoms with van der Waals surface area (Å²) >= 11 is 0. The third-order valence-corrected chi connectivity index (χ3v) is 7.26. The van der Waals surface area contributed by atoms with Gasteiger partial charge in [-0.25, -0.2) is 12.8 Å². The van der Waals surface area contributed by atoms with Crippen LogP contribution in [0.3, 0.4) is 0 Å². The molecule has 5 nitrogen and oxygen atoms in total. The third kappa shape index (κ3) is 5.77. The van der Waals surface area contributed by atoms with E-state index in [4.69, 9.17) is 9.47 Å². The van der Waals surface area contributed by atoms with Gasteiger partial charge in [0.05, 0.1) is 12.3 Å². The molecule has 170 valence electrons. The largest absolute Gasteiger partial charge is 0.493 e. The van der Waals surface area contributed by atoms with Crippen molar-refractivity contribution < 1.29 is 22.3 Å². The molecule has 3 rings (SSSR count). The zero-order valence-electron chi connectivity index (χ0n) is 18.7. The Bertz CT molecular complexity index is 1000. The summed E-state index contributed by atoms with van der Waals surface area (Å²) < 4.78 is 54.3. The van der Waals surface area contributed by atoms with Crippen LogP contribution in [0.25, 0.3) is 0 Å². The van der Waals surface area contributed by atoms with Gasteiger partial charge in [0, 0.05) is 25.8 Å². The molecule has 2 aromatic rings. The van der Waals surface area contributed by atoms with Crippen molar-refractivity contribution in [3.05, 3.63) is 53.3 Å². The lowest BCUT2D eigenvalue weighted by atomic mass is 10.0. The second-order valence-corrected chi connectivity index (χ2v) is 10.5. The van der Waals surface area contributed by atoms with Gasteiger partial charge in [-0.1, -0.05) is 31.5 Å². The second-order valence-electron chi connectivity index (χ2n) is 8.68. The highest BCUT2D eigenvalue weighted by Crippen LogP contribution is 2.31. The second kappa shape index (κ2) is 10.0. The first kappa shape index (κ1) is 23.5. The average molecular weight is 450 g/mol. The van der Waals surface area contributed by atoms with Crippen molar-refractivity contribution >= 4 is 15.7 Å². The smallest absolute Gasteiger partial charge is 0.267 e. The predicted molar refractivity (Wildman–Crippen MR) is 121 cm³/mol. The summed E-state index contributed by atoms with van der Waals surface area (Å²) in [4.78, 5) is -0.341. The van der Waals surface area contributed by atoms with Crippen LogP contribution in [-0.2, 0) is 14.8 Å². The van der Waals surface area contributed by atoms with Crippen LogP contribution >= 0.6 is 0 Å². The van der Waals surface area contributed by atoms with Crippen LogP contribution < -0.4 is 9.04 Å². The molecule has 1 heterocycles. The van der Waals surface area contributed by atoms with Crippen molar-refractivity contribution in [1.82, 2.24) is 0 Å². The lowest BCUT2D eigenvalue weighted by molar-refractivity contribution is 0.0497. The van der Waals surface area contributed by atoms with Gasteiger partial charge in [-0.15, -0.1) is 0 Å². The standard InChI is InChI=1S/C24H32FNO4S/c1-17(2)15-26(23-7-5-18(3)13-19(23)4)31(27,28)24-8-6-21(14-22(24)25)30-16-20-9-11-29-12-10-20/h5-8,13-14,17,20H,9-12,15-16H2,1-4H3. The molecule has 2 aromatic carbocycles. The first-order chi connectivity index (χ1) is 14.7. The fraction of sp³-hybridized carbons (Fsp3) is 0.500. The molecule has 0 bridgehead atoms. The van der Waals surface area contributed by atoms with Gasteiger partial charge < -0.3 is 9.47 Å². The van der Waals surface area contributed by atoms with Crippen molar-refractivity contribution in [2.75, 3.05) is 30.7 Å². The predicted octanol–water partition coefficient (Wildman–Crippen LogP) is 5.10. The van der Waals surface area contributed by atoms with E-state index in [-0.39, 0.29) is 17.4 Å². The Hall–Kier alpha value is -2.12. The van der Waals surface area contributed by atoms with E-state index >= 15 is 0 Å². The normalized spacial score (nSPS) is 15.3. The van der Waals surface area contributed by atoms with Gasteiger partial charge in [0.2, 0.25) is 0 Å². The quantitative estimate of drug-likeness (QED) is 0.563. The maximum absolute atomic E-state index is 15.0. The van der Waals surface area contributed by atoms with Gasteiger partial charge in [0.15, 0.2) is 0 Å². The number of benzene rings is 2. The molecule has 0 unspecified atom stereocenters. The number of anilines is 1. The highest BCUT2D eigenvalue weighted by Gasteiger charge is 2.30. The van der Waals surface area contributed by atoms with Crippen LogP contribution in [0.4, 0.5) is 10.1 Å². The lowest BCUT2D eigenvalue weighted by Crippen LogP contribution is -2.35. The Kier molecular flexibility index (Phi) is 7.59. The van der Waals surface area contributed by atoms with E-state index in [1.807, 2.05) is 39.8 Å². The van der Waals surface area contributed by atoms with Crippen LogP contribution in [0.1, 0.15) is 37.8 Å². The summed E-state index contributed by atoms with van der Waals surface area (Å²) in [5, 5.41) is 0. The topological polar surface area (TPSA) is 55.8 Å². The Labute approximate surface area is 185 Å². The molecule has 1 aliphatic heterocycles. The number of aryl methyl sites for hydroxylation is 2. The molecular weight excluding hydrogens is 417 g/mol. The van der Waals surface area contributed by atoms with E-state index in [0.717, 1.165) is 24.0 Å². The molecule has 1 saturated heterocycles. The summed E-state index contributed by atoms with van der Waals surface area (Å²) in [6.07, 6.45) is 1.82. The highest BCUT2D eigenvalue weighted by atomic mass is 32.2. The van der Waals surface area contributed by atoms with Crippen LogP contribution in [0.2, 0.25) is 0 Å². The summed E-state index contributed by atoms with van der Waals surface area (Å²) in [6, 6.07) is 9.60. The molecule has 1 aliphatic rings. The summed E-state index contributed by atoms with van der Waals surface area (Å²) in [5.74, 6) is -0.0280. The minimum absolute atomic E-state index is 0.0700. The Morgan fingerprint density at radius 2 is 1.84 bits per heavy atom. The van der Waals surface area contributed by atoms with E-state index in [1.54, 1.807) is 6.07 Å². The van der Waals surface area contributed by atoms with Gasteiger partial charge >= 0.3 is 0 Å². The molecule has 0 aromatic heterocycles. The summed E-state index contributed by atoms with van der Waals surface area (Å²) in [5.41, 5.74) is 2.44. The lowest BCUT2D eigenvalue weighted by Gasteiger charge is -2.28. The Morgan fingerprint density at radius 3 is 2.45 bits per heavy atom. The monoisotopic (exact) mass is 449 g/mol. The number of rotatable bonds is 8. The average Bonchev–Trinajstić information content (AvgIpc) is 2.71. The molecule has 7 heteroatoms. The molecule has 0 spiro atoms. The van der Waals surface area contributed by atoms with Crippen molar-refractivity contribution in [2.24, 2.45) is 11.8 Å². The van der Waals surface area contributed by atoms with E-state index in [1.165, 1.54) is 22.5 Å². The number of halogens is 1. The van der Waals surface area contributed by atoms with Crippen LogP contribution in [0, 0.1) is 31.5 Å². The van der Waals surface area contributed by atoms with Crippen molar-refractivity contribution in [1.29, 1.82) is 0 Å². The maximum Gasteiger partial charge on any atom is 0.267 e. The number of hydrogen-bond donors (Lipinski definition) is 0. The highest BCUT2D eigenvalue weighted by molar-refractivity contribution is 7.92. The Morgan fingerprint density at radius 1 is 1.13 bits per heavy atom. The Balaban J connectivity index is 1.86. The van der Waals surface area contributed by atoms with Crippen molar-refractivity contribution in [3.8, 4) is 5.75 Å². The molecule has 0 amide bonds.